The number of aliphatic hydroxyl groups is 1. The SMILES string of the molecule is CCOc1cc(Br)c(C(O)c2occc2C)cc1OCC. The van der Waals surface area contributed by atoms with Crippen LogP contribution in [0.15, 0.2) is 33.4 Å². The van der Waals surface area contributed by atoms with E-state index in [1.165, 1.54) is 0 Å². The second kappa shape index (κ2) is 7.00. The second-order valence-electron chi connectivity index (χ2n) is 4.56. The summed E-state index contributed by atoms with van der Waals surface area (Å²) in [6, 6.07) is 5.42. The van der Waals surface area contributed by atoms with Crippen LogP contribution in [-0.2, 0) is 0 Å². The van der Waals surface area contributed by atoms with Gasteiger partial charge < -0.3 is 19.0 Å². The quantitative estimate of drug-likeness (QED) is 0.843. The van der Waals surface area contributed by atoms with Crippen molar-refractivity contribution in [2.45, 2.75) is 26.9 Å². The van der Waals surface area contributed by atoms with Crippen LogP contribution >= 0.6 is 15.9 Å². The molecule has 21 heavy (non-hydrogen) atoms. The smallest absolute Gasteiger partial charge is 0.162 e. The number of ether oxygens (including phenoxy) is 2. The predicted octanol–water partition coefficient (Wildman–Crippen LogP) is 4.23. The lowest BCUT2D eigenvalue weighted by atomic mass is 10.0. The fraction of sp³-hybridized carbons (Fsp3) is 0.375. The molecule has 5 heteroatoms. The Morgan fingerprint density at radius 2 is 1.81 bits per heavy atom. The molecule has 0 saturated carbocycles. The lowest BCUT2D eigenvalue weighted by Gasteiger charge is -2.17. The van der Waals surface area contributed by atoms with Gasteiger partial charge in [-0.3, -0.25) is 0 Å². The summed E-state index contributed by atoms with van der Waals surface area (Å²) in [4.78, 5) is 0. The van der Waals surface area contributed by atoms with Crippen LogP contribution in [-0.4, -0.2) is 18.3 Å². The van der Waals surface area contributed by atoms with Crippen molar-refractivity contribution in [3.63, 3.8) is 0 Å². The Morgan fingerprint density at radius 3 is 2.33 bits per heavy atom. The van der Waals surface area contributed by atoms with Crippen LogP contribution < -0.4 is 9.47 Å². The average molecular weight is 355 g/mol. The van der Waals surface area contributed by atoms with Gasteiger partial charge in [-0.1, -0.05) is 15.9 Å². The minimum absolute atomic E-state index is 0.525. The van der Waals surface area contributed by atoms with Gasteiger partial charge in [-0.25, -0.2) is 0 Å². The first kappa shape index (κ1) is 15.9. The maximum absolute atomic E-state index is 10.5. The number of rotatable bonds is 6. The van der Waals surface area contributed by atoms with Gasteiger partial charge in [0.05, 0.1) is 19.5 Å². The van der Waals surface area contributed by atoms with Crippen LogP contribution in [0.3, 0.4) is 0 Å². The first-order valence-corrected chi connectivity index (χ1v) is 7.68. The molecule has 1 aromatic heterocycles. The molecule has 0 fully saturated rings. The van der Waals surface area contributed by atoms with E-state index in [2.05, 4.69) is 15.9 Å². The van der Waals surface area contributed by atoms with E-state index in [0.29, 0.717) is 36.0 Å². The number of aliphatic hydroxyl groups excluding tert-OH is 1. The van der Waals surface area contributed by atoms with E-state index in [4.69, 9.17) is 13.9 Å². The number of halogens is 1. The first-order chi connectivity index (χ1) is 10.1. The average Bonchev–Trinajstić information content (AvgIpc) is 2.87. The van der Waals surface area contributed by atoms with Crippen molar-refractivity contribution in [1.29, 1.82) is 0 Å². The number of furan rings is 1. The van der Waals surface area contributed by atoms with Crippen LogP contribution in [0.5, 0.6) is 11.5 Å². The van der Waals surface area contributed by atoms with E-state index >= 15 is 0 Å². The molecule has 0 bridgehead atoms. The van der Waals surface area contributed by atoms with Crippen molar-refractivity contribution >= 4 is 15.9 Å². The normalized spacial score (nSPS) is 12.2. The van der Waals surface area contributed by atoms with Gasteiger partial charge in [0.25, 0.3) is 0 Å². The highest BCUT2D eigenvalue weighted by Crippen LogP contribution is 2.39. The van der Waals surface area contributed by atoms with E-state index in [9.17, 15) is 5.11 Å². The zero-order chi connectivity index (χ0) is 15.4. The lowest BCUT2D eigenvalue weighted by molar-refractivity contribution is 0.186. The molecular formula is C16H19BrO4. The van der Waals surface area contributed by atoms with Gasteiger partial charge in [-0.2, -0.15) is 0 Å². The topological polar surface area (TPSA) is 51.8 Å². The molecule has 1 heterocycles. The van der Waals surface area contributed by atoms with Crippen molar-refractivity contribution < 1.29 is 19.0 Å². The lowest BCUT2D eigenvalue weighted by Crippen LogP contribution is -2.04. The summed E-state index contributed by atoms with van der Waals surface area (Å²) in [7, 11) is 0. The summed E-state index contributed by atoms with van der Waals surface area (Å²) in [6.45, 7) is 6.79. The van der Waals surface area contributed by atoms with Gasteiger partial charge in [0, 0.05) is 10.0 Å². The van der Waals surface area contributed by atoms with Crippen molar-refractivity contribution in [1.82, 2.24) is 0 Å². The molecule has 2 aromatic rings. The molecule has 0 aliphatic carbocycles. The van der Waals surface area contributed by atoms with Crippen LogP contribution in [0.2, 0.25) is 0 Å². The van der Waals surface area contributed by atoms with E-state index < -0.39 is 6.10 Å². The maximum atomic E-state index is 10.5. The van der Waals surface area contributed by atoms with Gasteiger partial charge in [-0.05, 0) is 44.5 Å². The first-order valence-electron chi connectivity index (χ1n) is 6.89. The molecular weight excluding hydrogens is 336 g/mol. The van der Waals surface area contributed by atoms with Crippen LogP contribution in [0.1, 0.15) is 36.8 Å². The van der Waals surface area contributed by atoms with Gasteiger partial charge in [-0.15, -0.1) is 0 Å². The molecule has 2 rings (SSSR count). The third-order valence-electron chi connectivity index (χ3n) is 3.11. The third kappa shape index (κ3) is 3.41. The Kier molecular flexibility index (Phi) is 5.31. The molecule has 0 amide bonds. The summed E-state index contributed by atoms with van der Waals surface area (Å²) < 4.78 is 17.3. The summed E-state index contributed by atoms with van der Waals surface area (Å²) >= 11 is 3.48. The monoisotopic (exact) mass is 354 g/mol. The molecule has 1 atom stereocenters. The molecule has 4 nitrogen and oxygen atoms in total. The van der Waals surface area contributed by atoms with Crippen LogP contribution in [0.4, 0.5) is 0 Å². The van der Waals surface area contributed by atoms with Crippen LogP contribution in [0, 0.1) is 6.92 Å². The molecule has 0 aliphatic rings. The molecule has 0 spiro atoms. The Labute approximate surface area is 132 Å². The summed E-state index contributed by atoms with van der Waals surface area (Å²) in [6.07, 6.45) is 0.712. The highest BCUT2D eigenvalue weighted by atomic mass is 79.9. The summed E-state index contributed by atoms with van der Waals surface area (Å²) in [5.74, 6) is 1.79. The molecule has 0 aliphatic heterocycles. The molecule has 0 radical (unpaired) electrons. The number of benzene rings is 1. The largest absolute Gasteiger partial charge is 0.490 e. The zero-order valence-electron chi connectivity index (χ0n) is 12.4. The molecule has 1 unspecified atom stereocenters. The van der Waals surface area contributed by atoms with E-state index in [1.807, 2.05) is 32.9 Å². The van der Waals surface area contributed by atoms with Crippen molar-refractivity contribution in [2.24, 2.45) is 0 Å². The van der Waals surface area contributed by atoms with Gasteiger partial charge in [0.2, 0.25) is 0 Å². The maximum Gasteiger partial charge on any atom is 0.162 e. The highest BCUT2D eigenvalue weighted by molar-refractivity contribution is 9.10. The summed E-state index contributed by atoms with van der Waals surface area (Å²) in [5, 5.41) is 10.5. The standard InChI is InChI=1S/C16H19BrO4/c1-4-19-13-8-11(12(17)9-14(13)20-5-2)15(18)16-10(3)6-7-21-16/h6-9,15,18H,4-5H2,1-3H3. The van der Waals surface area contributed by atoms with E-state index in [-0.39, 0.29) is 0 Å². The predicted molar refractivity (Wildman–Crippen MR) is 84.0 cm³/mol. The van der Waals surface area contributed by atoms with Crippen molar-refractivity contribution in [3.05, 3.63) is 45.8 Å². The number of aryl methyl sites for hydroxylation is 1. The fourth-order valence-electron chi connectivity index (χ4n) is 2.10. The molecule has 1 aromatic carbocycles. The van der Waals surface area contributed by atoms with E-state index in [1.54, 1.807) is 12.3 Å². The molecule has 1 N–H and O–H groups in total. The van der Waals surface area contributed by atoms with Crippen LogP contribution in [0.25, 0.3) is 0 Å². The van der Waals surface area contributed by atoms with Crippen molar-refractivity contribution in [2.75, 3.05) is 13.2 Å². The second-order valence-corrected chi connectivity index (χ2v) is 5.41. The Balaban J connectivity index is 2.44. The molecule has 114 valence electrons. The Morgan fingerprint density at radius 1 is 1.19 bits per heavy atom. The third-order valence-corrected chi connectivity index (χ3v) is 3.79. The van der Waals surface area contributed by atoms with Gasteiger partial charge in [0.15, 0.2) is 11.5 Å². The number of hydrogen-bond acceptors (Lipinski definition) is 4. The molecule has 0 saturated heterocycles. The van der Waals surface area contributed by atoms with E-state index in [0.717, 1.165) is 10.0 Å². The highest BCUT2D eigenvalue weighted by Gasteiger charge is 2.21. The Hall–Kier alpha value is -1.46. The van der Waals surface area contributed by atoms with Gasteiger partial charge in [0.1, 0.15) is 11.9 Å². The van der Waals surface area contributed by atoms with Crippen molar-refractivity contribution in [3.8, 4) is 11.5 Å². The fourth-order valence-corrected chi connectivity index (χ4v) is 2.64. The minimum atomic E-state index is -0.857. The van der Waals surface area contributed by atoms with Gasteiger partial charge >= 0.3 is 0 Å². The minimum Gasteiger partial charge on any atom is -0.490 e. The zero-order valence-corrected chi connectivity index (χ0v) is 13.9. The summed E-state index contributed by atoms with van der Waals surface area (Å²) in [5.41, 5.74) is 1.58. The Bertz CT molecular complexity index is 606. The number of hydrogen-bond donors (Lipinski definition) is 1.